The summed E-state index contributed by atoms with van der Waals surface area (Å²) in [5.41, 5.74) is 9.19. The highest BCUT2D eigenvalue weighted by Crippen LogP contribution is 2.29. The van der Waals surface area contributed by atoms with Gasteiger partial charge in [-0.3, -0.25) is 28.8 Å². The Balaban J connectivity index is 0.000000153. The van der Waals surface area contributed by atoms with Crippen molar-refractivity contribution in [1.29, 1.82) is 0 Å². The van der Waals surface area contributed by atoms with E-state index in [4.69, 9.17) is 30.0 Å². The summed E-state index contributed by atoms with van der Waals surface area (Å²) in [4.78, 5) is 139. The Kier molecular flexibility index (Phi) is 19.4. The number of H-pyrrole nitrogens is 5. The van der Waals surface area contributed by atoms with E-state index in [1.807, 2.05) is 108 Å². The van der Waals surface area contributed by atoms with E-state index in [1.165, 1.54) is 24.3 Å². The number of aromatic amines is 5. The van der Waals surface area contributed by atoms with Crippen LogP contribution in [-0.4, -0.2) is 114 Å². The fourth-order valence-electron chi connectivity index (χ4n) is 9.89. The molecule has 0 aliphatic heterocycles. The molecule has 12 aromatic rings. The van der Waals surface area contributed by atoms with E-state index < -0.39 is 46.1 Å². The molecule has 11 heterocycles. The number of carboxylic acids is 4. The number of aromatic carboxylic acids is 4. The number of nitrogens with one attached hydrogen (secondary N) is 5. The summed E-state index contributed by atoms with van der Waals surface area (Å²) in [6.45, 7) is 7.63. The Morgan fingerprint density at radius 1 is 0.478 bits per heavy atom. The zero-order valence-corrected chi connectivity index (χ0v) is 49.2. The van der Waals surface area contributed by atoms with Gasteiger partial charge in [-0.2, -0.15) is 14.7 Å². The average molecular weight is 1220 g/mol. The Morgan fingerprint density at radius 2 is 0.944 bits per heavy atom. The molecule has 0 saturated carbocycles. The highest BCUT2D eigenvalue weighted by atomic mass is 16.4. The molecule has 0 aliphatic carbocycles. The van der Waals surface area contributed by atoms with Gasteiger partial charge in [0.2, 0.25) is 0 Å². The van der Waals surface area contributed by atoms with Crippen molar-refractivity contribution in [1.82, 2.24) is 63.8 Å². The van der Waals surface area contributed by atoms with E-state index in [9.17, 15) is 38.4 Å². The zero-order valence-electron chi connectivity index (χ0n) is 49.2. The molecule has 0 aliphatic rings. The van der Waals surface area contributed by atoms with Crippen LogP contribution >= 0.6 is 0 Å². The lowest BCUT2D eigenvalue weighted by atomic mass is 10.0. The molecule has 0 saturated heterocycles. The average Bonchev–Trinajstić information content (AvgIpc) is 3.46. The lowest BCUT2D eigenvalue weighted by Crippen LogP contribution is -2.19. The quantitative estimate of drug-likeness (QED) is 0.0569. The molecule has 0 unspecified atom stereocenters. The predicted molar refractivity (Wildman–Crippen MR) is 331 cm³/mol. The summed E-state index contributed by atoms with van der Waals surface area (Å²) in [6.07, 6.45) is 14.9. The molecular formula is C63H57N13O14. The number of aromatic nitrogens is 13. The number of hydrogen-bond acceptors (Lipinski definition) is 15. The van der Waals surface area contributed by atoms with Crippen LogP contribution in [0.1, 0.15) is 91.4 Å². The number of fused-ring (bicyclic) bond motifs is 4. The van der Waals surface area contributed by atoms with E-state index in [1.54, 1.807) is 46.6 Å². The van der Waals surface area contributed by atoms with Crippen molar-refractivity contribution in [2.45, 2.75) is 53.4 Å². The number of carbonyl (C=O) groups excluding carboxylic acids is 2. The summed E-state index contributed by atoms with van der Waals surface area (Å²) in [5.74, 6) is -4.91. The molecule has 90 heavy (non-hydrogen) atoms. The molecular weight excluding hydrogens is 1160 g/mol. The van der Waals surface area contributed by atoms with E-state index in [0.717, 1.165) is 71.9 Å². The number of aryl methyl sites for hydroxylation is 7. The number of benzene rings is 1. The molecule has 0 radical (unpaired) electrons. The molecule has 0 fully saturated rings. The van der Waals surface area contributed by atoms with E-state index in [2.05, 4.69) is 50.0 Å². The van der Waals surface area contributed by atoms with Crippen LogP contribution in [0, 0.1) is 0 Å². The smallest absolute Gasteiger partial charge is 0.373 e. The summed E-state index contributed by atoms with van der Waals surface area (Å²) < 4.78 is 5.54. The third-order valence-corrected chi connectivity index (χ3v) is 14.5. The monoisotopic (exact) mass is 1220 g/mol. The van der Waals surface area contributed by atoms with Crippen molar-refractivity contribution >= 4 is 74.0 Å². The predicted octanol–water partition coefficient (Wildman–Crippen LogP) is 7.56. The second kappa shape index (κ2) is 27.4. The fourth-order valence-corrected chi connectivity index (χ4v) is 9.89. The van der Waals surface area contributed by atoms with Crippen molar-refractivity contribution in [2.75, 3.05) is 0 Å². The van der Waals surface area contributed by atoms with Gasteiger partial charge in [-0.05, 0) is 120 Å². The van der Waals surface area contributed by atoms with Crippen LogP contribution in [0.25, 0.3) is 89.2 Å². The number of hydrogen-bond donors (Lipinski definition) is 9. The molecule has 11 aromatic heterocycles. The molecule has 0 atom stereocenters. The van der Waals surface area contributed by atoms with Crippen LogP contribution in [0.15, 0.2) is 135 Å². The van der Waals surface area contributed by atoms with Gasteiger partial charge in [0.1, 0.15) is 33.4 Å². The molecule has 0 spiro atoms. The highest BCUT2D eigenvalue weighted by molar-refractivity contribution is 5.92. The first-order valence-electron chi connectivity index (χ1n) is 27.6. The Hall–Kier alpha value is -12.3. The first kappa shape index (κ1) is 63.8. The molecule has 27 nitrogen and oxygen atoms in total. The van der Waals surface area contributed by atoms with Crippen molar-refractivity contribution in [3.8, 4) is 45.2 Å². The van der Waals surface area contributed by atoms with Crippen LogP contribution in [0.2, 0.25) is 0 Å². The van der Waals surface area contributed by atoms with E-state index >= 15 is 0 Å². The number of carboxylic acid groups (broad SMARTS) is 4. The standard InChI is InChI=1S/2C16H15N3O3.C15H14N4O3.C15H13N3O3.CO2/c1-3-9-7-12(16(21)22)15(20)18-14(9)10-4-5-13-11(6-10)8-17-19(13)2;1-3-9-6-11(16(21)22)15(20)18-14(9)12-7-10-4-5-19(2)13(10)8-17-12;1-3-8-4-10(15(21)22)14(20)18-12(8)9-5-11-13(16-6-9)19(2)7-17-11;1-2-8-6-11(15(20)21)14(19)18-12(8)10-5-9-3-4-16-13(9)17-7-10;2-1-3/h2*4-8H,3H2,1-2H3,(H,18,20)(H,21,22);4-7H,3H2,1-2H3,(H,18,20)(H,21,22);3-7H,2H2,1H3,(H,16,17)(H,18,19)(H,20,21);. The van der Waals surface area contributed by atoms with Gasteiger partial charge in [0.15, 0.2) is 5.65 Å². The minimum absolute atomic E-state index is 0.233. The van der Waals surface area contributed by atoms with Crippen molar-refractivity contribution in [2.24, 2.45) is 21.1 Å². The fraction of sp³-hybridized carbons (Fsp3) is 0.175. The molecule has 458 valence electrons. The van der Waals surface area contributed by atoms with Gasteiger partial charge >= 0.3 is 30.0 Å². The van der Waals surface area contributed by atoms with Gasteiger partial charge in [-0.1, -0.05) is 33.8 Å². The van der Waals surface area contributed by atoms with Crippen LogP contribution in [0.4, 0.5) is 0 Å². The Labute approximate surface area is 507 Å². The summed E-state index contributed by atoms with van der Waals surface area (Å²) in [6, 6.07) is 21.0. The second-order valence-corrected chi connectivity index (χ2v) is 20.0. The SMILES string of the molecule is CCc1cc(C(=O)O)c(=O)[nH]c1-c1cc2ccn(C)c2cn1.CCc1cc(C(=O)O)c(=O)[nH]c1-c1ccc2c(cnn2C)c1.CCc1cc(C(=O)O)c(=O)[nH]c1-c1cnc2[nH]ccc2c1.CCc1cc(C(=O)O)c(=O)[nH]c1-c1cnc2c(c1)ncn2C.O=C=O. The van der Waals surface area contributed by atoms with Gasteiger partial charge in [-0.15, -0.1) is 0 Å². The normalized spacial score (nSPS) is 10.7. The number of imidazole rings is 1. The lowest BCUT2D eigenvalue weighted by molar-refractivity contribution is -0.191. The largest absolute Gasteiger partial charge is 0.477 e. The maximum absolute atomic E-state index is 11.9. The van der Waals surface area contributed by atoms with Crippen molar-refractivity contribution in [3.05, 3.63) is 202 Å². The third-order valence-electron chi connectivity index (χ3n) is 14.5. The molecule has 9 N–H and O–H groups in total. The summed E-state index contributed by atoms with van der Waals surface area (Å²) >= 11 is 0. The first-order chi connectivity index (χ1) is 43.0. The number of pyridine rings is 7. The lowest BCUT2D eigenvalue weighted by Gasteiger charge is -2.09. The highest BCUT2D eigenvalue weighted by Gasteiger charge is 2.20. The van der Waals surface area contributed by atoms with Crippen molar-refractivity contribution in [3.63, 3.8) is 0 Å². The Bertz CT molecular complexity index is 4680. The minimum atomic E-state index is -1.24. The minimum Gasteiger partial charge on any atom is -0.477 e. The summed E-state index contributed by atoms with van der Waals surface area (Å²) in [5, 5.41) is 43.3. The molecule has 0 bridgehead atoms. The summed E-state index contributed by atoms with van der Waals surface area (Å²) in [7, 11) is 5.65. The third kappa shape index (κ3) is 13.5. The molecule has 1 aromatic carbocycles. The molecule has 0 amide bonds. The zero-order chi connectivity index (χ0) is 65.2. The van der Waals surface area contributed by atoms with Crippen LogP contribution in [-0.2, 0) is 56.4 Å². The van der Waals surface area contributed by atoms with Gasteiger partial charge in [-0.25, -0.2) is 34.1 Å². The maximum atomic E-state index is 11.9. The van der Waals surface area contributed by atoms with Gasteiger partial charge in [0.05, 0.1) is 58.2 Å². The van der Waals surface area contributed by atoms with Crippen LogP contribution in [0.3, 0.4) is 0 Å². The van der Waals surface area contributed by atoms with Gasteiger partial charge in [0.25, 0.3) is 22.2 Å². The van der Waals surface area contributed by atoms with Gasteiger partial charge < -0.3 is 54.5 Å². The topological polar surface area (TPSA) is 410 Å². The van der Waals surface area contributed by atoms with E-state index in [0.29, 0.717) is 65.2 Å². The first-order valence-corrected chi connectivity index (χ1v) is 27.6. The molecule has 27 heteroatoms. The number of nitrogens with zero attached hydrogens (tertiary/aromatic N) is 8. The maximum Gasteiger partial charge on any atom is 0.373 e. The van der Waals surface area contributed by atoms with Crippen LogP contribution < -0.4 is 22.2 Å². The van der Waals surface area contributed by atoms with Crippen molar-refractivity contribution < 1.29 is 49.2 Å². The Morgan fingerprint density at radius 3 is 1.46 bits per heavy atom. The van der Waals surface area contributed by atoms with E-state index in [-0.39, 0.29) is 28.4 Å². The number of rotatable bonds is 12. The molecule has 12 rings (SSSR count). The van der Waals surface area contributed by atoms with Crippen LogP contribution in [0.5, 0.6) is 0 Å². The van der Waals surface area contributed by atoms with Gasteiger partial charge in [0, 0.05) is 73.2 Å². The number of carbonyl (C=O) groups is 4. The second-order valence-electron chi connectivity index (χ2n) is 20.0.